The molecule has 2 amide bonds. The maximum atomic E-state index is 14.3. The van der Waals surface area contributed by atoms with Crippen LogP contribution >= 0.6 is 0 Å². The van der Waals surface area contributed by atoms with Crippen LogP contribution in [0.2, 0.25) is 0 Å². The van der Waals surface area contributed by atoms with E-state index in [4.69, 9.17) is 0 Å². The molecule has 2 aromatic heterocycles. The van der Waals surface area contributed by atoms with Gasteiger partial charge in [-0.1, -0.05) is 30.3 Å². The lowest BCUT2D eigenvalue weighted by molar-refractivity contribution is -0.139. The molecular formula is C24H24FN5O3. The van der Waals surface area contributed by atoms with Crippen molar-refractivity contribution in [3.05, 3.63) is 59.9 Å². The molecule has 0 spiro atoms. The normalized spacial score (nSPS) is 24.1. The highest BCUT2D eigenvalue weighted by atomic mass is 19.1. The number of Topliss-reactive ketones (excluding diaryl/α,β-unsaturated/α-hetero) is 1. The molecule has 33 heavy (non-hydrogen) atoms. The second-order valence-corrected chi connectivity index (χ2v) is 8.70. The number of likely N-dealkylation sites (tertiary alicyclic amines) is 1. The lowest BCUT2D eigenvalue weighted by Gasteiger charge is -2.23. The van der Waals surface area contributed by atoms with Crippen LogP contribution in [0.4, 0.5) is 4.39 Å². The van der Waals surface area contributed by atoms with Crippen molar-refractivity contribution in [2.75, 3.05) is 6.54 Å². The number of benzene rings is 1. The molecule has 0 radical (unpaired) electrons. The molecule has 1 aliphatic heterocycles. The molecule has 1 saturated heterocycles. The van der Waals surface area contributed by atoms with Crippen molar-refractivity contribution in [1.82, 2.24) is 25.0 Å². The highest BCUT2D eigenvalue weighted by Gasteiger charge is 2.44. The summed E-state index contributed by atoms with van der Waals surface area (Å²) in [7, 11) is 0. The number of pyridine rings is 1. The first kappa shape index (κ1) is 21.2. The van der Waals surface area contributed by atoms with Crippen molar-refractivity contribution >= 4 is 28.6 Å². The molecule has 2 aliphatic rings. The van der Waals surface area contributed by atoms with Crippen LogP contribution in [0.1, 0.15) is 41.7 Å². The largest absolute Gasteiger partial charge is 0.351 e. The second-order valence-electron chi connectivity index (χ2n) is 8.70. The summed E-state index contributed by atoms with van der Waals surface area (Å²) >= 11 is 0. The molecule has 8 nitrogen and oxygen atoms in total. The minimum atomic E-state index is -1.27. The number of halogens is 1. The van der Waals surface area contributed by atoms with Crippen LogP contribution in [0.3, 0.4) is 0 Å². The first-order valence-corrected chi connectivity index (χ1v) is 11.0. The minimum Gasteiger partial charge on any atom is -0.351 e. The molecule has 3 aromatic rings. The molecule has 0 bridgehead atoms. The predicted molar refractivity (Wildman–Crippen MR) is 118 cm³/mol. The molecule has 1 aliphatic carbocycles. The van der Waals surface area contributed by atoms with Crippen LogP contribution in [-0.4, -0.2) is 62.1 Å². The van der Waals surface area contributed by atoms with Gasteiger partial charge < -0.3 is 10.2 Å². The molecule has 1 aromatic carbocycles. The number of carbonyl (C=O) groups is 3. The van der Waals surface area contributed by atoms with Crippen LogP contribution in [-0.2, 0) is 16.1 Å². The smallest absolute Gasteiger partial charge is 0.245 e. The zero-order valence-corrected chi connectivity index (χ0v) is 18.1. The Bertz CT molecular complexity index is 1230. The zero-order chi connectivity index (χ0) is 23.1. The summed E-state index contributed by atoms with van der Waals surface area (Å²) in [6.07, 6.45) is 1.08. The van der Waals surface area contributed by atoms with E-state index in [1.807, 2.05) is 30.3 Å². The number of alkyl halides is 1. The Kier molecular flexibility index (Phi) is 5.39. The molecule has 5 rings (SSSR count). The topological polar surface area (TPSA) is 97.2 Å². The Morgan fingerprint density at radius 1 is 1.12 bits per heavy atom. The molecule has 0 unspecified atom stereocenters. The zero-order valence-electron chi connectivity index (χ0n) is 18.1. The van der Waals surface area contributed by atoms with Crippen LogP contribution in [0.5, 0.6) is 0 Å². The number of hydrogen-bond acceptors (Lipinski definition) is 5. The number of carbonyl (C=O) groups excluding carboxylic acids is 3. The van der Waals surface area contributed by atoms with E-state index in [0.29, 0.717) is 11.0 Å². The van der Waals surface area contributed by atoms with Crippen molar-refractivity contribution in [1.29, 1.82) is 0 Å². The van der Waals surface area contributed by atoms with Crippen molar-refractivity contribution in [2.24, 2.45) is 0 Å². The van der Waals surface area contributed by atoms with Crippen LogP contribution in [0.15, 0.2) is 48.7 Å². The Morgan fingerprint density at radius 2 is 1.91 bits per heavy atom. The lowest BCUT2D eigenvalue weighted by Crippen LogP contribution is -2.47. The summed E-state index contributed by atoms with van der Waals surface area (Å²) in [6, 6.07) is 12.5. The SMILES string of the molecule is CC(=O)c1nn(CC(=O)N2C[C@H](F)C[C@H]2C(=O)N[C@H]2C[C@@H]2c2ccccc2)c2ncccc12. The number of aromatic nitrogens is 3. The quantitative estimate of drug-likeness (QED) is 0.582. The highest BCUT2D eigenvalue weighted by Crippen LogP contribution is 2.41. The maximum Gasteiger partial charge on any atom is 0.245 e. The van der Waals surface area contributed by atoms with Gasteiger partial charge in [-0.2, -0.15) is 5.10 Å². The second kappa shape index (κ2) is 8.38. The van der Waals surface area contributed by atoms with Gasteiger partial charge in [0.1, 0.15) is 24.5 Å². The Hall–Kier alpha value is -3.62. The van der Waals surface area contributed by atoms with E-state index in [1.54, 1.807) is 18.3 Å². The maximum absolute atomic E-state index is 14.3. The third-order valence-electron chi connectivity index (χ3n) is 6.34. The monoisotopic (exact) mass is 449 g/mol. The summed E-state index contributed by atoms with van der Waals surface area (Å²) in [5.74, 6) is -0.761. The Balaban J connectivity index is 1.29. The third-order valence-corrected chi connectivity index (χ3v) is 6.34. The van der Waals surface area contributed by atoms with Gasteiger partial charge in [0, 0.05) is 31.5 Å². The van der Waals surface area contributed by atoms with Crippen molar-refractivity contribution < 1.29 is 18.8 Å². The molecule has 1 saturated carbocycles. The van der Waals surface area contributed by atoms with Gasteiger partial charge in [-0.3, -0.25) is 14.4 Å². The van der Waals surface area contributed by atoms with E-state index in [9.17, 15) is 18.8 Å². The summed E-state index contributed by atoms with van der Waals surface area (Å²) in [5.41, 5.74) is 1.78. The molecular weight excluding hydrogens is 425 g/mol. The number of fused-ring (bicyclic) bond motifs is 1. The van der Waals surface area contributed by atoms with Gasteiger partial charge in [-0.15, -0.1) is 0 Å². The number of hydrogen-bond donors (Lipinski definition) is 1. The summed E-state index contributed by atoms with van der Waals surface area (Å²) in [5, 5.41) is 7.79. The van der Waals surface area contributed by atoms with Crippen molar-refractivity contribution in [2.45, 2.75) is 50.5 Å². The average Bonchev–Trinajstić information content (AvgIpc) is 3.30. The summed E-state index contributed by atoms with van der Waals surface area (Å²) < 4.78 is 15.6. The van der Waals surface area contributed by atoms with Gasteiger partial charge >= 0.3 is 0 Å². The Morgan fingerprint density at radius 3 is 2.67 bits per heavy atom. The Labute approximate surface area is 189 Å². The van der Waals surface area contributed by atoms with Crippen molar-refractivity contribution in [3.63, 3.8) is 0 Å². The first-order chi connectivity index (χ1) is 15.9. The van der Waals surface area contributed by atoms with Gasteiger partial charge in [0.15, 0.2) is 11.4 Å². The minimum absolute atomic E-state index is 0.00658. The first-order valence-electron chi connectivity index (χ1n) is 11.0. The number of rotatable bonds is 6. The van der Waals surface area contributed by atoms with E-state index < -0.39 is 18.1 Å². The number of nitrogens with zero attached hydrogens (tertiary/aromatic N) is 4. The van der Waals surface area contributed by atoms with Crippen LogP contribution < -0.4 is 5.32 Å². The fraction of sp³-hybridized carbons (Fsp3) is 0.375. The van der Waals surface area contributed by atoms with Gasteiger partial charge in [-0.25, -0.2) is 14.1 Å². The lowest BCUT2D eigenvalue weighted by atomic mass is 10.1. The van der Waals surface area contributed by atoms with Gasteiger partial charge in [0.05, 0.1) is 11.9 Å². The summed E-state index contributed by atoms with van der Waals surface area (Å²) in [6.45, 7) is 1.03. The van der Waals surface area contributed by atoms with Gasteiger partial charge in [-0.05, 0) is 24.1 Å². The molecule has 9 heteroatoms. The van der Waals surface area contributed by atoms with Crippen LogP contribution in [0, 0.1) is 0 Å². The van der Waals surface area contributed by atoms with E-state index in [-0.39, 0.29) is 48.9 Å². The number of ketones is 1. The molecule has 2 fully saturated rings. The van der Waals surface area contributed by atoms with Crippen LogP contribution in [0.25, 0.3) is 11.0 Å². The highest BCUT2D eigenvalue weighted by molar-refractivity contribution is 6.04. The van der Waals surface area contributed by atoms with E-state index >= 15 is 0 Å². The van der Waals surface area contributed by atoms with Gasteiger partial charge in [0.25, 0.3) is 0 Å². The van der Waals surface area contributed by atoms with Gasteiger partial charge in [0.2, 0.25) is 11.8 Å². The summed E-state index contributed by atoms with van der Waals surface area (Å²) in [4.78, 5) is 43.5. The average molecular weight is 449 g/mol. The molecule has 3 heterocycles. The molecule has 1 N–H and O–H groups in total. The molecule has 4 atom stereocenters. The fourth-order valence-corrected chi connectivity index (χ4v) is 4.61. The number of amides is 2. The van der Waals surface area contributed by atoms with E-state index in [2.05, 4.69) is 15.4 Å². The third kappa shape index (κ3) is 4.10. The van der Waals surface area contributed by atoms with Crippen molar-refractivity contribution in [3.8, 4) is 0 Å². The number of nitrogens with one attached hydrogen (secondary N) is 1. The fourth-order valence-electron chi connectivity index (χ4n) is 4.61. The van der Waals surface area contributed by atoms with E-state index in [0.717, 1.165) is 12.0 Å². The molecule has 170 valence electrons. The van der Waals surface area contributed by atoms with E-state index in [1.165, 1.54) is 16.5 Å². The standard InChI is InChI=1S/C24H24FN5O3/c1-14(31)22-17-8-5-9-26-23(17)30(28-22)13-21(32)29-12-16(25)10-20(29)24(33)27-19-11-18(19)15-6-3-2-4-7-15/h2-9,16,18-20H,10-13H2,1H3,(H,27,33)/t16-,18-,19+,20+/m1/s1. The predicted octanol–water partition coefficient (Wildman–Crippen LogP) is 2.25.